The zero-order valence-corrected chi connectivity index (χ0v) is 22.8. The number of carbonyl (C=O) groups excluding carboxylic acids is 1. The van der Waals surface area contributed by atoms with Crippen molar-refractivity contribution in [1.29, 1.82) is 0 Å². The number of aromatic nitrogens is 2. The number of anilines is 1. The molecule has 8 nitrogen and oxygen atoms in total. The van der Waals surface area contributed by atoms with E-state index in [1.54, 1.807) is 29.1 Å². The third-order valence-electron chi connectivity index (χ3n) is 7.17. The van der Waals surface area contributed by atoms with E-state index in [-0.39, 0.29) is 11.5 Å². The van der Waals surface area contributed by atoms with Gasteiger partial charge in [0.1, 0.15) is 5.75 Å². The van der Waals surface area contributed by atoms with Gasteiger partial charge in [0.05, 0.1) is 37.2 Å². The molecule has 0 bridgehead atoms. The monoisotopic (exact) mass is 539 g/mol. The van der Waals surface area contributed by atoms with Crippen molar-refractivity contribution in [3.05, 3.63) is 95.3 Å². The SMILES string of the molecule is Cc1cccc(OCCCC(=O)N2CCCOc3c(-c4cnn(Cc5cccc(C(=O)O)c5)c4)cccc32)c1C. The molecule has 0 radical (unpaired) electrons. The largest absolute Gasteiger partial charge is 0.493 e. The Hall–Kier alpha value is -4.59. The third-order valence-corrected chi connectivity index (χ3v) is 7.17. The second-order valence-electron chi connectivity index (χ2n) is 9.98. The van der Waals surface area contributed by atoms with Gasteiger partial charge < -0.3 is 19.5 Å². The summed E-state index contributed by atoms with van der Waals surface area (Å²) in [5.41, 5.74) is 5.88. The number of aryl methyl sites for hydroxylation is 1. The van der Waals surface area contributed by atoms with Crippen molar-refractivity contribution in [2.45, 2.75) is 39.7 Å². The number of hydrogen-bond donors (Lipinski definition) is 1. The fraction of sp³-hybridized carbons (Fsp3) is 0.281. The lowest BCUT2D eigenvalue weighted by atomic mass is 10.1. The smallest absolute Gasteiger partial charge is 0.335 e. The van der Waals surface area contributed by atoms with E-state index in [9.17, 15) is 14.7 Å². The van der Waals surface area contributed by atoms with Gasteiger partial charge in [-0.1, -0.05) is 36.4 Å². The van der Waals surface area contributed by atoms with Crippen LogP contribution in [-0.2, 0) is 11.3 Å². The van der Waals surface area contributed by atoms with E-state index in [1.807, 2.05) is 54.4 Å². The van der Waals surface area contributed by atoms with Crippen LogP contribution in [0.2, 0.25) is 0 Å². The van der Waals surface area contributed by atoms with E-state index in [4.69, 9.17) is 9.47 Å². The first kappa shape index (κ1) is 27.0. The van der Waals surface area contributed by atoms with Crippen LogP contribution in [0.25, 0.3) is 11.1 Å². The van der Waals surface area contributed by atoms with Crippen molar-refractivity contribution >= 4 is 17.6 Å². The number of fused-ring (bicyclic) bond motifs is 1. The molecule has 0 fully saturated rings. The minimum Gasteiger partial charge on any atom is -0.493 e. The number of rotatable bonds is 9. The van der Waals surface area contributed by atoms with Gasteiger partial charge >= 0.3 is 5.97 Å². The molecular weight excluding hydrogens is 506 g/mol. The molecule has 0 atom stereocenters. The lowest BCUT2D eigenvalue weighted by Gasteiger charge is -2.23. The normalized spacial score (nSPS) is 12.8. The number of nitrogens with zero attached hydrogens (tertiary/aromatic N) is 3. The molecule has 2 heterocycles. The number of aromatic carboxylic acids is 1. The molecule has 0 saturated heterocycles. The molecule has 0 saturated carbocycles. The number of para-hydroxylation sites is 1. The van der Waals surface area contributed by atoms with Gasteiger partial charge in [-0.05, 0) is 67.6 Å². The predicted molar refractivity (Wildman–Crippen MR) is 153 cm³/mol. The van der Waals surface area contributed by atoms with Crippen molar-refractivity contribution < 1.29 is 24.2 Å². The van der Waals surface area contributed by atoms with Gasteiger partial charge in [0.25, 0.3) is 0 Å². The molecule has 0 unspecified atom stereocenters. The summed E-state index contributed by atoms with van der Waals surface area (Å²) < 4.78 is 13.9. The first-order valence-electron chi connectivity index (χ1n) is 13.5. The van der Waals surface area contributed by atoms with Crippen LogP contribution in [0.5, 0.6) is 11.5 Å². The van der Waals surface area contributed by atoms with Crippen LogP contribution < -0.4 is 14.4 Å². The molecular formula is C32H33N3O5. The molecule has 1 aliphatic heterocycles. The molecule has 8 heteroatoms. The van der Waals surface area contributed by atoms with E-state index in [2.05, 4.69) is 18.1 Å². The Morgan fingerprint density at radius 3 is 2.75 bits per heavy atom. The second kappa shape index (κ2) is 12.1. The van der Waals surface area contributed by atoms with Crippen molar-refractivity contribution in [3.63, 3.8) is 0 Å². The van der Waals surface area contributed by atoms with Gasteiger partial charge in [-0.15, -0.1) is 0 Å². The van der Waals surface area contributed by atoms with E-state index < -0.39 is 5.97 Å². The quantitative estimate of drug-likeness (QED) is 0.267. The lowest BCUT2D eigenvalue weighted by molar-refractivity contribution is -0.118. The summed E-state index contributed by atoms with van der Waals surface area (Å²) >= 11 is 0. The summed E-state index contributed by atoms with van der Waals surface area (Å²) in [6, 6.07) is 18.7. The summed E-state index contributed by atoms with van der Waals surface area (Å²) in [4.78, 5) is 26.5. The summed E-state index contributed by atoms with van der Waals surface area (Å²) in [7, 11) is 0. The van der Waals surface area contributed by atoms with E-state index in [1.165, 1.54) is 5.56 Å². The Morgan fingerprint density at radius 2 is 1.90 bits per heavy atom. The topological polar surface area (TPSA) is 93.9 Å². The van der Waals surface area contributed by atoms with Gasteiger partial charge in [0, 0.05) is 30.3 Å². The number of carboxylic acid groups (broad SMARTS) is 1. The molecule has 1 aliphatic rings. The molecule has 0 spiro atoms. The number of hydrogen-bond acceptors (Lipinski definition) is 5. The number of carbonyl (C=O) groups is 2. The summed E-state index contributed by atoms with van der Waals surface area (Å²) in [5, 5.41) is 13.8. The molecule has 1 aromatic heterocycles. The molecule has 4 aromatic rings. The van der Waals surface area contributed by atoms with Crippen LogP contribution in [0.4, 0.5) is 5.69 Å². The number of amides is 1. The Labute approximate surface area is 233 Å². The van der Waals surface area contributed by atoms with Gasteiger partial charge in [-0.2, -0.15) is 5.10 Å². The van der Waals surface area contributed by atoms with Crippen LogP contribution in [0, 0.1) is 13.8 Å². The Balaban J connectivity index is 1.29. The molecule has 1 amide bonds. The van der Waals surface area contributed by atoms with Gasteiger partial charge in [0.15, 0.2) is 5.75 Å². The minimum atomic E-state index is -0.958. The van der Waals surface area contributed by atoms with E-state index in [0.717, 1.165) is 40.1 Å². The van der Waals surface area contributed by atoms with Gasteiger partial charge in [-0.3, -0.25) is 9.48 Å². The van der Waals surface area contributed by atoms with Crippen LogP contribution in [0.3, 0.4) is 0 Å². The maximum Gasteiger partial charge on any atom is 0.335 e. The highest BCUT2D eigenvalue weighted by molar-refractivity contribution is 5.97. The predicted octanol–water partition coefficient (Wildman–Crippen LogP) is 5.89. The highest BCUT2D eigenvalue weighted by Gasteiger charge is 2.25. The number of carboxylic acids is 1. The Bertz CT molecular complexity index is 1530. The standard InChI is InChI=1S/C32H33N3O5/c1-22-8-3-13-29(23(22)2)39-16-6-14-30(36)35-15-7-17-40-31-27(11-5-12-28(31)35)26-19-33-34(21-26)20-24-9-4-10-25(18-24)32(37)38/h3-5,8-13,18-19,21H,6-7,14-17,20H2,1-2H3,(H,37,38). The fourth-order valence-corrected chi connectivity index (χ4v) is 4.89. The molecule has 0 aliphatic carbocycles. The zero-order chi connectivity index (χ0) is 28.1. The highest BCUT2D eigenvalue weighted by atomic mass is 16.5. The van der Waals surface area contributed by atoms with Crippen molar-refractivity contribution in [1.82, 2.24) is 9.78 Å². The van der Waals surface area contributed by atoms with Crippen LogP contribution >= 0.6 is 0 Å². The van der Waals surface area contributed by atoms with Crippen molar-refractivity contribution in [2.24, 2.45) is 0 Å². The molecule has 3 aromatic carbocycles. The van der Waals surface area contributed by atoms with Crippen molar-refractivity contribution in [3.8, 4) is 22.6 Å². The number of ether oxygens (including phenoxy) is 2. The average Bonchev–Trinajstić information content (AvgIpc) is 3.30. The van der Waals surface area contributed by atoms with Gasteiger partial charge in [0.2, 0.25) is 5.91 Å². The van der Waals surface area contributed by atoms with E-state index >= 15 is 0 Å². The third kappa shape index (κ3) is 6.01. The first-order chi connectivity index (χ1) is 19.4. The van der Waals surface area contributed by atoms with Crippen LogP contribution in [0.15, 0.2) is 73.1 Å². The number of benzene rings is 3. The Morgan fingerprint density at radius 1 is 1.07 bits per heavy atom. The minimum absolute atomic E-state index is 0.0440. The first-order valence-corrected chi connectivity index (χ1v) is 13.5. The maximum atomic E-state index is 13.3. The molecule has 206 valence electrons. The molecule has 5 rings (SSSR count). The summed E-state index contributed by atoms with van der Waals surface area (Å²) in [6.45, 7) is 6.12. The maximum absolute atomic E-state index is 13.3. The highest BCUT2D eigenvalue weighted by Crippen LogP contribution is 2.40. The molecule has 40 heavy (non-hydrogen) atoms. The van der Waals surface area contributed by atoms with Crippen LogP contribution in [0.1, 0.15) is 46.3 Å². The average molecular weight is 540 g/mol. The van der Waals surface area contributed by atoms with Crippen LogP contribution in [-0.4, -0.2) is 46.5 Å². The van der Waals surface area contributed by atoms with Crippen molar-refractivity contribution in [2.75, 3.05) is 24.7 Å². The lowest BCUT2D eigenvalue weighted by Crippen LogP contribution is -2.31. The fourth-order valence-electron chi connectivity index (χ4n) is 4.89. The Kier molecular flexibility index (Phi) is 8.15. The summed E-state index contributed by atoms with van der Waals surface area (Å²) in [6.07, 6.45) is 5.41. The van der Waals surface area contributed by atoms with E-state index in [0.29, 0.717) is 44.9 Å². The molecule has 1 N–H and O–H groups in total. The second-order valence-corrected chi connectivity index (χ2v) is 9.98. The zero-order valence-electron chi connectivity index (χ0n) is 22.8. The summed E-state index contributed by atoms with van der Waals surface area (Å²) in [5.74, 6) is 0.621. The van der Waals surface area contributed by atoms with Gasteiger partial charge in [-0.25, -0.2) is 4.79 Å².